The summed E-state index contributed by atoms with van der Waals surface area (Å²) < 4.78 is 13.8. The van der Waals surface area contributed by atoms with Gasteiger partial charge in [0.15, 0.2) is 0 Å². The Morgan fingerprint density at radius 1 is 1.17 bits per heavy atom. The predicted molar refractivity (Wildman–Crippen MR) is 90.1 cm³/mol. The van der Waals surface area contributed by atoms with Crippen LogP contribution in [-0.2, 0) is 4.79 Å². The highest BCUT2D eigenvalue weighted by molar-refractivity contribution is 5.90. The molecule has 1 aliphatic heterocycles. The fourth-order valence-electron chi connectivity index (χ4n) is 3.71. The molecular weight excluding hydrogens is 309 g/mol. The molecule has 1 aliphatic carbocycles. The van der Waals surface area contributed by atoms with Gasteiger partial charge in [-0.2, -0.15) is 0 Å². The normalized spacial score (nSPS) is 24.9. The van der Waals surface area contributed by atoms with Crippen molar-refractivity contribution in [3.63, 3.8) is 0 Å². The van der Waals surface area contributed by atoms with Gasteiger partial charge in [-0.1, -0.05) is 18.6 Å². The summed E-state index contributed by atoms with van der Waals surface area (Å²) in [5.41, 5.74) is 0.179. The van der Waals surface area contributed by atoms with E-state index in [4.69, 9.17) is 0 Å². The summed E-state index contributed by atoms with van der Waals surface area (Å²) in [5, 5.41) is 5.66. The van der Waals surface area contributed by atoms with E-state index < -0.39 is 5.82 Å². The number of nitrogens with one attached hydrogen (secondary N) is 2. The first-order valence-electron chi connectivity index (χ1n) is 8.76. The van der Waals surface area contributed by atoms with Crippen molar-refractivity contribution in [3.8, 4) is 0 Å². The van der Waals surface area contributed by atoms with Gasteiger partial charge < -0.3 is 15.5 Å². The Bertz CT molecular complexity index is 608. The Labute approximate surface area is 141 Å². The van der Waals surface area contributed by atoms with Crippen LogP contribution in [0.15, 0.2) is 24.3 Å². The number of hydrogen-bond donors (Lipinski definition) is 2. The van der Waals surface area contributed by atoms with Crippen molar-refractivity contribution >= 4 is 17.6 Å². The van der Waals surface area contributed by atoms with Crippen molar-refractivity contribution in [3.05, 3.63) is 30.1 Å². The lowest BCUT2D eigenvalue weighted by Crippen LogP contribution is -2.49. The third kappa shape index (κ3) is 3.68. The van der Waals surface area contributed by atoms with E-state index in [1.54, 1.807) is 23.1 Å². The van der Waals surface area contributed by atoms with E-state index in [9.17, 15) is 14.0 Å². The van der Waals surface area contributed by atoms with Crippen LogP contribution in [0.3, 0.4) is 0 Å². The molecule has 130 valence electrons. The monoisotopic (exact) mass is 333 g/mol. The molecule has 5 nitrogen and oxygen atoms in total. The molecule has 0 bridgehead atoms. The second-order valence-corrected chi connectivity index (χ2v) is 6.56. The van der Waals surface area contributed by atoms with Crippen LogP contribution in [0.25, 0.3) is 0 Å². The van der Waals surface area contributed by atoms with Crippen LogP contribution in [-0.4, -0.2) is 36.0 Å². The molecule has 0 radical (unpaired) electrons. The predicted octanol–water partition coefficient (Wildman–Crippen LogP) is 3.13. The number of amides is 3. The molecule has 2 fully saturated rings. The highest BCUT2D eigenvalue weighted by atomic mass is 19.1. The molecule has 0 spiro atoms. The molecule has 3 amide bonds. The minimum Gasteiger partial charge on any atom is -0.356 e. The van der Waals surface area contributed by atoms with Crippen molar-refractivity contribution in [1.29, 1.82) is 0 Å². The smallest absolute Gasteiger partial charge is 0.322 e. The molecule has 2 atom stereocenters. The van der Waals surface area contributed by atoms with Crippen LogP contribution < -0.4 is 10.6 Å². The van der Waals surface area contributed by atoms with Crippen LogP contribution in [0.4, 0.5) is 14.9 Å². The molecule has 1 saturated heterocycles. The molecule has 0 aromatic heterocycles. The average molecular weight is 333 g/mol. The lowest BCUT2D eigenvalue weighted by atomic mass is 9.99. The maximum absolute atomic E-state index is 13.8. The quantitative estimate of drug-likeness (QED) is 0.829. The standard InChI is InChI=1S/C18H24FN3O2/c19-14-8-2-3-9-15(14)21-18(24)22-12-5-1-4-11-20-17(23)13-7-6-10-16(13)22/h2-3,8-9,13,16H,1,4-7,10-12H2,(H,20,23)(H,21,24). The fourth-order valence-corrected chi connectivity index (χ4v) is 3.71. The summed E-state index contributed by atoms with van der Waals surface area (Å²) in [4.78, 5) is 26.9. The number of para-hydroxylation sites is 1. The molecule has 1 heterocycles. The molecule has 2 N–H and O–H groups in total. The van der Waals surface area contributed by atoms with Crippen LogP contribution in [0.5, 0.6) is 0 Å². The number of fused-ring (bicyclic) bond motifs is 1. The van der Waals surface area contributed by atoms with Crippen LogP contribution in [0.1, 0.15) is 38.5 Å². The molecule has 24 heavy (non-hydrogen) atoms. The van der Waals surface area contributed by atoms with E-state index in [1.165, 1.54) is 6.07 Å². The van der Waals surface area contributed by atoms with Gasteiger partial charge in [0, 0.05) is 19.1 Å². The second kappa shape index (κ2) is 7.64. The van der Waals surface area contributed by atoms with Crippen LogP contribution >= 0.6 is 0 Å². The number of carbonyl (C=O) groups excluding carboxylic acids is 2. The third-order valence-corrected chi connectivity index (χ3v) is 4.97. The van der Waals surface area contributed by atoms with Gasteiger partial charge in [0.05, 0.1) is 11.6 Å². The molecule has 3 rings (SSSR count). The first-order valence-corrected chi connectivity index (χ1v) is 8.76. The van der Waals surface area contributed by atoms with E-state index in [-0.39, 0.29) is 29.6 Å². The van der Waals surface area contributed by atoms with Gasteiger partial charge in [-0.3, -0.25) is 4.79 Å². The first-order chi connectivity index (χ1) is 11.7. The van der Waals surface area contributed by atoms with Gasteiger partial charge in [0.25, 0.3) is 0 Å². The van der Waals surface area contributed by atoms with E-state index >= 15 is 0 Å². The molecule has 1 aromatic carbocycles. The molecule has 1 aromatic rings. The topological polar surface area (TPSA) is 61.4 Å². The Morgan fingerprint density at radius 3 is 2.83 bits per heavy atom. The zero-order valence-corrected chi connectivity index (χ0v) is 13.8. The minimum absolute atomic E-state index is 0.0445. The average Bonchev–Trinajstić information content (AvgIpc) is 3.05. The number of halogens is 1. The first kappa shape index (κ1) is 16.7. The molecule has 1 saturated carbocycles. The van der Waals surface area contributed by atoms with Crippen molar-refractivity contribution in [1.82, 2.24) is 10.2 Å². The van der Waals surface area contributed by atoms with E-state index in [0.29, 0.717) is 13.1 Å². The van der Waals surface area contributed by atoms with Crippen molar-refractivity contribution < 1.29 is 14.0 Å². The maximum atomic E-state index is 13.8. The number of anilines is 1. The molecular formula is C18H24FN3O2. The van der Waals surface area contributed by atoms with Gasteiger partial charge in [0.2, 0.25) is 5.91 Å². The minimum atomic E-state index is -0.451. The van der Waals surface area contributed by atoms with Gasteiger partial charge in [-0.25, -0.2) is 9.18 Å². The fraction of sp³-hybridized carbons (Fsp3) is 0.556. The van der Waals surface area contributed by atoms with Crippen LogP contribution in [0.2, 0.25) is 0 Å². The SMILES string of the molecule is O=C1NCCCCCN(C(=O)Nc2ccccc2F)C2CCCC12. The summed E-state index contributed by atoms with van der Waals surface area (Å²) in [6.45, 7) is 1.32. The van der Waals surface area contributed by atoms with Gasteiger partial charge in [-0.05, 0) is 44.2 Å². The van der Waals surface area contributed by atoms with E-state index in [2.05, 4.69) is 10.6 Å². The summed E-state index contributed by atoms with van der Waals surface area (Å²) in [6.07, 6.45) is 5.34. The lowest BCUT2D eigenvalue weighted by molar-refractivity contribution is -0.126. The highest BCUT2D eigenvalue weighted by Crippen LogP contribution is 2.31. The summed E-state index contributed by atoms with van der Waals surface area (Å²) in [5.74, 6) is -0.565. The zero-order valence-electron chi connectivity index (χ0n) is 13.8. The summed E-state index contributed by atoms with van der Waals surface area (Å²) >= 11 is 0. The van der Waals surface area contributed by atoms with Crippen molar-refractivity contribution in [2.24, 2.45) is 5.92 Å². The van der Waals surface area contributed by atoms with Gasteiger partial charge in [0.1, 0.15) is 5.82 Å². The number of nitrogens with zero attached hydrogens (tertiary/aromatic N) is 1. The maximum Gasteiger partial charge on any atom is 0.322 e. The third-order valence-electron chi connectivity index (χ3n) is 4.97. The highest BCUT2D eigenvalue weighted by Gasteiger charge is 2.39. The Balaban J connectivity index is 1.78. The number of urea groups is 1. The molecule has 6 heteroatoms. The van der Waals surface area contributed by atoms with Crippen molar-refractivity contribution in [2.45, 2.75) is 44.6 Å². The second-order valence-electron chi connectivity index (χ2n) is 6.56. The number of hydrogen-bond acceptors (Lipinski definition) is 2. The number of benzene rings is 1. The van der Waals surface area contributed by atoms with E-state index in [0.717, 1.165) is 38.5 Å². The summed E-state index contributed by atoms with van der Waals surface area (Å²) in [7, 11) is 0. The number of rotatable bonds is 1. The van der Waals surface area contributed by atoms with Gasteiger partial charge in [-0.15, -0.1) is 0 Å². The zero-order chi connectivity index (χ0) is 16.9. The Hall–Kier alpha value is -2.11. The summed E-state index contributed by atoms with van der Waals surface area (Å²) in [6, 6.07) is 5.73. The Kier molecular flexibility index (Phi) is 5.33. The lowest BCUT2D eigenvalue weighted by Gasteiger charge is -2.33. The number of carbonyl (C=O) groups is 2. The van der Waals surface area contributed by atoms with Crippen molar-refractivity contribution in [2.75, 3.05) is 18.4 Å². The molecule has 2 unspecified atom stereocenters. The molecule has 2 aliphatic rings. The van der Waals surface area contributed by atoms with E-state index in [1.807, 2.05) is 0 Å². The van der Waals surface area contributed by atoms with Crippen LogP contribution in [0, 0.1) is 11.7 Å². The largest absolute Gasteiger partial charge is 0.356 e. The Morgan fingerprint density at radius 2 is 2.00 bits per heavy atom. The van der Waals surface area contributed by atoms with Gasteiger partial charge >= 0.3 is 6.03 Å².